The predicted molar refractivity (Wildman–Crippen MR) is 143 cm³/mol. The van der Waals surface area contributed by atoms with Crippen LogP contribution in [0.1, 0.15) is 33.9 Å². The Kier molecular flexibility index (Phi) is 8.83. The number of hydrogen-bond donors (Lipinski definition) is 3. The second-order valence-electron chi connectivity index (χ2n) is 10.1. The minimum absolute atomic E-state index is 0.167. The number of rotatable bonds is 11. The van der Waals surface area contributed by atoms with Gasteiger partial charge in [-0.25, -0.2) is 18.3 Å². The van der Waals surface area contributed by atoms with E-state index in [2.05, 4.69) is 15.0 Å². The molecule has 0 saturated carbocycles. The van der Waals surface area contributed by atoms with E-state index in [4.69, 9.17) is 24.3 Å². The first-order valence-electron chi connectivity index (χ1n) is 12.8. The van der Waals surface area contributed by atoms with E-state index in [9.17, 15) is 23.7 Å². The summed E-state index contributed by atoms with van der Waals surface area (Å²) >= 11 is 0. The zero-order chi connectivity index (χ0) is 30.1. The van der Waals surface area contributed by atoms with Crippen molar-refractivity contribution in [3.8, 4) is 5.75 Å². The van der Waals surface area contributed by atoms with E-state index in [0.717, 1.165) is 10.9 Å². The Morgan fingerprint density at radius 2 is 1.98 bits per heavy atom. The van der Waals surface area contributed by atoms with Gasteiger partial charge >= 0.3 is 13.6 Å². The fourth-order valence-electron chi connectivity index (χ4n) is 4.49. The van der Waals surface area contributed by atoms with E-state index in [1.807, 2.05) is 0 Å². The predicted octanol–water partition coefficient (Wildman–Crippen LogP) is 2.90. The third kappa shape index (κ3) is 6.27. The summed E-state index contributed by atoms with van der Waals surface area (Å²) in [7, 11) is -4.21. The molecule has 1 aliphatic rings. The van der Waals surface area contributed by atoms with Crippen molar-refractivity contribution in [1.82, 2.24) is 19.5 Å². The maximum Gasteiger partial charge on any atom is 0.380 e. The molecule has 0 aliphatic carbocycles. The summed E-state index contributed by atoms with van der Waals surface area (Å²) in [6.07, 6.45) is -6.75. The lowest BCUT2D eigenvalue weighted by Gasteiger charge is -2.29. The molecule has 224 valence electrons. The molecule has 1 fully saturated rings. The van der Waals surface area contributed by atoms with E-state index < -0.39 is 74.2 Å². The van der Waals surface area contributed by atoms with Crippen LogP contribution in [0.5, 0.6) is 5.75 Å². The number of carbonyl (C=O) groups excluding carboxylic acids is 1. The fraction of sp³-hybridized carbons (Fsp3) is 0.520. The molecule has 1 saturated heterocycles. The number of nitrogen functional groups attached to an aromatic ring is 1. The number of fused-ring (bicyclic) bond motifs is 1. The molecule has 3 aromatic rings. The number of alkyl halides is 2. The average molecular weight is 600 g/mol. The van der Waals surface area contributed by atoms with Crippen molar-refractivity contribution in [2.75, 3.05) is 18.6 Å². The van der Waals surface area contributed by atoms with Gasteiger partial charge in [-0.2, -0.15) is 4.98 Å². The van der Waals surface area contributed by atoms with Crippen molar-refractivity contribution in [2.24, 2.45) is 5.92 Å². The highest BCUT2D eigenvalue weighted by Crippen LogP contribution is 2.53. The zero-order valence-corrected chi connectivity index (χ0v) is 23.7. The molecule has 3 heterocycles. The molecule has 41 heavy (non-hydrogen) atoms. The van der Waals surface area contributed by atoms with Crippen LogP contribution >= 0.6 is 7.60 Å². The Balaban J connectivity index is 1.63. The van der Waals surface area contributed by atoms with E-state index in [0.29, 0.717) is 0 Å². The number of esters is 1. The molecule has 0 amide bonds. The number of halogens is 2. The van der Waals surface area contributed by atoms with Crippen molar-refractivity contribution in [3.05, 3.63) is 47.0 Å². The van der Waals surface area contributed by atoms with Crippen molar-refractivity contribution >= 4 is 30.7 Å². The molecule has 4 rings (SSSR count). The molecule has 1 unspecified atom stereocenters. The maximum absolute atomic E-state index is 16.1. The number of aliphatic hydroxyl groups is 1. The monoisotopic (exact) mass is 599 g/mol. The lowest BCUT2D eigenvalue weighted by molar-refractivity contribution is -0.151. The fourth-order valence-corrected chi connectivity index (χ4v) is 6.59. The number of benzene rings is 1. The number of H-pyrrole nitrogens is 1. The van der Waals surface area contributed by atoms with Crippen LogP contribution in [0.25, 0.3) is 11.2 Å². The van der Waals surface area contributed by atoms with Crippen LogP contribution in [0, 0.1) is 5.92 Å². The number of carbonyl (C=O) groups is 1. The average Bonchev–Trinajstić information content (AvgIpc) is 3.42. The summed E-state index contributed by atoms with van der Waals surface area (Å²) in [6, 6.07) is 8.02. The van der Waals surface area contributed by atoms with E-state index >= 15 is 4.39 Å². The number of imidazole rings is 1. The second kappa shape index (κ2) is 11.8. The zero-order valence-electron chi connectivity index (χ0n) is 22.8. The van der Waals surface area contributed by atoms with Crippen molar-refractivity contribution in [3.63, 3.8) is 0 Å². The standard InChI is InChI=1S/C25H32F2N5O8P/c1-13(2)37-22(35)14(3)10-41(36,40-16-8-6-5-7-9-16)39-15(4)18-19(33)25(27,11-26)23(38-18)32-12-29-17-20(32)30-24(28)31-21(17)34/h5-9,12-15,18-19,23,33H,10-11H2,1-4H3,(H3,28,30,31,34)/t14-,15-,18-,19+,23-,25?,41+/m1/s1. The highest BCUT2D eigenvalue weighted by Gasteiger charge is 2.61. The topological polar surface area (TPSA) is 181 Å². The summed E-state index contributed by atoms with van der Waals surface area (Å²) in [4.78, 5) is 34.7. The van der Waals surface area contributed by atoms with E-state index in [1.54, 1.807) is 32.0 Å². The normalized spacial score (nSPS) is 25.6. The van der Waals surface area contributed by atoms with Crippen molar-refractivity contribution < 1.29 is 41.8 Å². The summed E-state index contributed by atoms with van der Waals surface area (Å²) in [6.45, 7) is 4.44. The third-order valence-electron chi connectivity index (χ3n) is 6.44. The van der Waals surface area contributed by atoms with Crippen LogP contribution in [-0.2, 0) is 23.4 Å². The molecule has 2 aromatic heterocycles. The Morgan fingerprint density at radius 3 is 2.61 bits per heavy atom. The number of para-hydroxylation sites is 1. The Morgan fingerprint density at radius 1 is 1.29 bits per heavy atom. The largest absolute Gasteiger partial charge is 0.463 e. The van der Waals surface area contributed by atoms with Gasteiger partial charge in [0.05, 0.1) is 30.6 Å². The summed E-state index contributed by atoms with van der Waals surface area (Å²) in [5, 5.41) is 10.9. The van der Waals surface area contributed by atoms with Gasteiger partial charge in [0.1, 0.15) is 24.6 Å². The summed E-state index contributed by atoms with van der Waals surface area (Å²) in [5.41, 5.74) is 1.43. The highest BCUT2D eigenvalue weighted by molar-refractivity contribution is 7.54. The van der Waals surface area contributed by atoms with E-state index in [-0.39, 0.29) is 22.9 Å². The highest BCUT2D eigenvalue weighted by atomic mass is 31.2. The van der Waals surface area contributed by atoms with Gasteiger partial charge in [-0.15, -0.1) is 0 Å². The van der Waals surface area contributed by atoms with Gasteiger partial charge in [-0.05, 0) is 32.9 Å². The first-order chi connectivity index (χ1) is 19.3. The van der Waals surface area contributed by atoms with Gasteiger partial charge in [0.2, 0.25) is 11.6 Å². The molecular weight excluding hydrogens is 567 g/mol. The number of aromatic nitrogens is 4. The minimum Gasteiger partial charge on any atom is -0.463 e. The maximum atomic E-state index is 16.1. The molecule has 4 N–H and O–H groups in total. The summed E-state index contributed by atoms with van der Waals surface area (Å²) in [5.74, 6) is -1.70. The SMILES string of the molecule is CC(C)OC(=O)[C@H](C)C[P@@](=O)(Oc1ccccc1)O[C@H](C)[C@H]1O[C@@H](n2cnc3c(=O)[nH]c(N)nc32)C(F)(CF)[C@H]1O. The summed E-state index contributed by atoms with van der Waals surface area (Å²) < 4.78 is 67.7. The van der Waals surface area contributed by atoms with Gasteiger partial charge in [0.15, 0.2) is 17.4 Å². The smallest absolute Gasteiger partial charge is 0.380 e. The number of nitrogens with zero attached hydrogens (tertiary/aromatic N) is 3. The lowest BCUT2D eigenvalue weighted by Crippen LogP contribution is -2.47. The van der Waals surface area contributed by atoms with Crippen LogP contribution < -0.4 is 15.8 Å². The van der Waals surface area contributed by atoms with Crippen LogP contribution in [0.3, 0.4) is 0 Å². The van der Waals surface area contributed by atoms with Crippen LogP contribution in [0.2, 0.25) is 0 Å². The van der Waals surface area contributed by atoms with Gasteiger partial charge in [0.25, 0.3) is 5.56 Å². The van der Waals surface area contributed by atoms with Crippen LogP contribution in [0.4, 0.5) is 14.7 Å². The first-order valence-corrected chi connectivity index (χ1v) is 14.5. The first kappa shape index (κ1) is 30.6. The molecule has 16 heteroatoms. The number of aromatic amines is 1. The van der Waals surface area contributed by atoms with Gasteiger partial charge in [-0.1, -0.05) is 25.1 Å². The number of hydrogen-bond acceptors (Lipinski definition) is 11. The van der Waals surface area contributed by atoms with Gasteiger partial charge < -0.3 is 24.8 Å². The molecule has 1 aromatic carbocycles. The van der Waals surface area contributed by atoms with Crippen LogP contribution in [-0.4, -0.2) is 73.5 Å². The quantitative estimate of drug-likeness (QED) is 0.218. The number of nitrogens with one attached hydrogen (secondary N) is 1. The molecule has 7 atom stereocenters. The molecule has 0 bridgehead atoms. The van der Waals surface area contributed by atoms with Gasteiger partial charge in [0, 0.05) is 0 Å². The molecule has 13 nitrogen and oxygen atoms in total. The lowest BCUT2D eigenvalue weighted by atomic mass is 9.95. The van der Waals surface area contributed by atoms with Crippen LogP contribution in [0.15, 0.2) is 41.5 Å². The molecule has 0 spiro atoms. The molecule has 0 radical (unpaired) electrons. The van der Waals surface area contributed by atoms with E-state index in [1.165, 1.54) is 26.0 Å². The molecular formula is C25H32F2N5O8P. The Hall–Kier alpha value is -3.39. The number of aliphatic hydroxyl groups excluding tert-OH is 1. The Labute approximate surface area is 233 Å². The third-order valence-corrected chi connectivity index (χ3v) is 8.57. The second-order valence-corrected chi connectivity index (χ2v) is 12.1. The van der Waals surface area contributed by atoms with Crippen molar-refractivity contribution in [1.29, 1.82) is 0 Å². The number of ether oxygens (including phenoxy) is 2. The van der Waals surface area contributed by atoms with Gasteiger partial charge in [-0.3, -0.25) is 23.7 Å². The molecule has 1 aliphatic heterocycles. The minimum atomic E-state index is -4.21. The number of nitrogens with two attached hydrogens (primary N) is 1. The van der Waals surface area contributed by atoms with Crippen molar-refractivity contribution in [2.45, 2.75) is 64.0 Å². The number of anilines is 1. The Bertz CT molecular complexity index is 1490.